The van der Waals surface area contributed by atoms with E-state index < -0.39 is 10.0 Å². The molecule has 48 heavy (non-hydrogen) atoms. The number of aromatic nitrogens is 2. The number of para-hydroxylation sites is 2. The van der Waals surface area contributed by atoms with Gasteiger partial charge in [0.1, 0.15) is 12.3 Å². The predicted octanol–water partition coefficient (Wildman–Crippen LogP) is 7.02. The molecule has 1 heterocycles. The maximum atomic E-state index is 13.0. The number of nitrogens with two attached hydrogens (primary N) is 1. The van der Waals surface area contributed by atoms with Gasteiger partial charge in [0.2, 0.25) is 15.8 Å². The summed E-state index contributed by atoms with van der Waals surface area (Å²) in [5, 5.41) is 15.4. The fraction of sp³-hybridized carbons (Fsp3) is 0.216. The summed E-state index contributed by atoms with van der Waals surface area (Å²) in [6.07, 6.45) is 0. The number of sulfonamides is 1. The van der Waals surface area contributed by atoms with Gasteiger partial charge in [-0.25, -0.2) is 18.5 Å². The molecule has 5 aromatic rings. The molecule has 246 valence electrons. The van der Waals surface area contributed by atoms with Crippen molar-refractivity contribution in [3.05, 3.63) is 114 Å². The van der Waals surface area contributed by atoms with E-state index in [4.69, 9.17) is 34.1 Å². The number of methoxy groups -OCH3 is 1. The maximum Gasteiger partial charge on any atom is 0.262 e. The van der Waals surface area contributed by atoms with Crippen LogP contribution in [0.25, 0.3) is 22.6 Å². The van der Waals surface area contributed by atoms with E-state index in [0.29, 0.717) is 29.2 Å². The molecule has 0 fully saturated rings. The molecule has 0 saturated carbocycles. The molecular formula is C37H36N4O6S. The molecular weight excluding hydrogens is 628 g/mol. The van der Waals surface area contributed by atoms with Gasteiger partial charge in [-0.15, -0.1) is 0 Å². The van der Waals surface area contributed by atoms with Crippen LogP contribution in [0.2, 0.25) is 0 Å². The van der Waals surface area contributed by atoms with Crippen molar-refractivity contribution in [3.8, 4) is 51.8 Å². The molecule has 0 unspecified atom stereocenters. The SMILES string of the molecule is COc1ccccc1Oc1c(OCCOCc2ccccc2)nc(-c2cccc(C#N)c2)nc1-c1cc(C(C)(C)C)ccc1S(N)(=O)=O. The van der Waals surface area contributed by atoms with Crippen molar-refractivity contribution in [1.29, 1.82) is 5.26 Å². The van der Waals surface area contributed by atoms with Crippen molar-refractivity contribution >= 4 is 10.0 Å². The molecule has 2 N–H and O–H groups in total. The lowest BCUT2D eigenvalue weighted by molar-refractivity contribution is 0.0866. The minimum Gasteiger partial charge on any atom is -0.493 e. The Balaban J connectivity index is 1.72. The van der Waals surface area contributed by atoms with Gasteiger partial charge in [0.15, 0.2) is 17.3 Å². The van der Waals surface area contributed by atoms with Crippen LogP contribution in [0.1, 0.15) is 37.5 Å². The topological polar surface area (TPSA) is 147 Å². The van der Waals surface area contributed by atoms with Gasteiger partial charge >= 0.3 is 0 Å². The van der Waals surface area contributed by atoms with Gasteiger partial charge in [0.25, 0.3) is 5.88 Å². The molecule has 1 aromatic heterocycles. The summed E-state index contributed by atoms with van der Waals surface area (Å²) in [7, 11) is -2.73. The molecule has 4 aromatic carbocycles. The van der Waals surface area contributed by atoms with Crippen LogP contribution in [0.3, 0.4) is 0 Å². The number of nitrogens with zero attached hydrogens (tertiary/aromatic N) is 3. The smallest absolute Gasteiger partial charge is 0.262 e. The van der Waals surface area contributed by atoms with Crippen LogP contribution < -0.4 is 19.3 Å². The normalized spacial score (nSPS) is 11.5. The summed E-state index contributed by atoms with van der Waals surface area (Å²) in [5.74, 6) is 0.975. The van der Waals surface area contributed by atoms with Crippen molar-refractivity contribution in [2.24, 2.45) is 5.14 Å². The van der Waals surface area contributed by atoms with Crippen LogP contribution in [-0.2, 0) is 26.8 Å². The number of nitriles is 1. The Hall–Kier alpha value is -5.28. The Labute approximate surface area is 280 Å². The van der Waals surface area contributed by atoms with Gasteiger partial charge < -0.3 is 18.9 Å². The quantitative estimate of drug-likeness (QED) is 0.139. The molecule has 0 atom stereocenters. The lowest BCUT2D eigenvalue weighted by atomic mass is 9.86. The first kappa shape index (κ1) is 34.1. The second-order valence-corrected chi connectivity index (χ2v) is 13.4. The lowest BCUT2D eigenvalue weighted by Gasteiger charge is -2.22. The zero-order valence-electron chi connectivity index (χ0n) is 27.1. The zero-order chi connectivity index (χ0) is 34.3. The summed E-state index contributed by atoms with van der Waals surface area (Å²) in [6, 6.07) is 30.6. The van der Waals surface area contributed by atoms with E-state index in [9.17, 15) is 13.7 Å². The van der Waals surface area contributed by atoms with E-state index in [1.54, 1.807) is 60.7 Å². The van der Waals surface area contributed by atoms with Crippen LogP contribution >= 0.6 is 0 Å². The number of benzene rings is 4. The highest BCUT2D eigenvalue weighted by atomic mass is 32.2. The molecule has 0 bridgehead atoms. The second kappa shape index (κ2) is 14.6. The molecule has 5 rings (SSSR count). The van der Waals surface area contributed by atoms with Crippen LogP contribution in [0.4, 0.5) is 0 Å². The van der Waals surface area contributed by atoms with Crippen molar-refractivity contribution in [3.63, 3.8) is 0 Å². The van der Waals surface area contributed by atoms with Crippen molar-refractivity contribution < 1.29 is 27.4 Å². The van der Waals surface area contributed by atoms with Crippen molar-refractivity contribution in [2.75, 3.05) is 20.3 Å². The highest BCUT2D eigenvalue weighted by molar-refractivity contribution is 7.89. The van der Waals surface area contributed by atoms with E-state index >= 15 is 0 Å². The molecule has 0 spiro atoms. The molecule has 10 nitrogen and oxygen atoms in total. The van der Waals surface area contributed by atoms with E-state index in [0.717, 1.165) is 11.1 Å². The minimum atomic E-state index is -4.24. The standard InChI is InChI=1S/C37H36N4O6S/c1-37(2,3)28-17-18-32(48(39,42)43)29(22-28)33-34(47-31-16-9-8-15-30(31)44-4)36(46-20-19-45-24-25-11-6-5-7-12-25)41-35(40-33)27-14-10-13-26(21-27)23-38/h5-18,21-22H,19-20,24H2,1-4H3,(H2,39,42,43). The number of ether oxygens (including phenoxy) is 4. The molecule has 11 heteroatoms. The molecule has 0 saturated heterocycles. The van der Waals surface area contributed by atoms with E-state index in [1.165, 1.54) is 13.2 Å². The first-order valence-electron chi connectivity index (χ1n) is 15.1. The Morgan fingerprint density at radius 3 is 2.27 bits per heavy atom. The fourth-order valence-electron chi connectivity index (χ4n) is 4.86. The number of hydrogen-bond donors (Lipinski definition) is 1. The lowest BCUT2D eigenvalue weighted by Crippen LogP contribution is -2.17. The Bertz CT molecular complexity index is 2060. The predicted molar refractivity (Wildman–Crippen MR) is 182 cm³/mol. The van der Waals surface area contributed by atoms with Gasteiger partial charge in [-0.3, -0.25) is 0 Å². The van der Waals surface area contributed by atoms with E-state index in [-0.39, 0.29) is 52.2 Å². The van der Waals surface area contributed by atoms with Gasteiger partial charge in [0, 0.05) is 11.1 Å². The van der Waals surface area contributed by atoms with Crippen LogP contribution in [0.5, 0.6) is 23.1 Å². The van der Waals surface area contributed by atoms with Crippen molar-refractivity contribution in [1.82, 2.24) is 9.97 Å². The highest BCUT2D eigenvalue weighted by Gasteiger charge is 2.28. The Kier molecular flexibility index (Phi) is 10.4. The molecule has 0 aliphatic heterocycles. The first-order chi connectivity index (χ1) is 23.0. The molecule has 0 amide bonds. The van der Waals surface area contributed by atoms with Crippen LogP contribution in [0, 0.1) is 11.3 Å². The summed E-state index contributed by atoms with van der Waals surface area (Å²) < 4.78 is 50.2. The Morgan fingerprint density at radius 1 is 0.854 bits per heavy atom. The maximum absolute atomic E-state index is 13.0. The number of hydrogen-bond acceptors (Lipinski definition) is 9. The third kappa shape index (κ3) is 8.16. The van der Waals surface area contributed by atoms with E-state index in [2.05, 4.69) is 6.07 Å². The van der Waals surface area contributed by atoms with Crippen LogP contribution in [-0.4, -0.2) is 38.7 Å². The number of rotatable bonds is 12. The zero-order valence-corrected chi connectivity index (χ0v) is 28.0. The molecule has 0 aliphatic carbocycles. The monoisotopic (exact) mass is 664 g/mol. The summed E-state index contributed by atoms with van der Waals surface area (Å²) in [4.78, 5) is 9.44. The summed E-state index contributed by atoms with van der Waals surface area (Å²) >= 11 is 0. The van der Waals surface area contributed by atoms with Crippen LogP contribution in [0.15, 0.2) is 102 Å². The summed E-state index contributed by atoms with van der Waals surface area (Å²) in [6.45, 7) is 6.71. The highest BCUT2D eigenvalue weighted by Crippen LogP contribution is 2.45. The van der Waals surface area contributed by atoms with Gasteiger partial charge in [0.05, 0.1) is 36.9 Å². The summed E-state index contributed by atoms with van der Waals surface area (Å²) in [5.41, 5.74) is 2.69. The first-order valence-corrected chi connectivity index (χ1v) is 16.7. The minimum absolute atomic E-state index is 0.0214. The second-order valence-electron chi connectivity index (χ2n) is 11.9. The fourth-order valence-corrected chi connectivity index (χ4v) is 5.58. The van der Waals surface area contributed by atoms with Gasteiger partial charge in [-0.05, 0) is 52.9 Å². The van der Waals surface area contributed by atoms with Crippen molar-refractivity contribution in [2.45, 2.75) is 37.7 Å². The average Bonchev–Trinajstić information content (AvgIpc) is 3.08. The van der Waals surface area contributed by atoms with Gasteiger partial charge in [-0.1, -0.05) is 81.4 Å². The largest absolute Gasteiger partial charge is 0.493 e. The molecule has 0 aliphatic rings. The average molecular weight is 665 g/mol. The third-order valence-corrected chi connectivity index (χ3v) is 8.32. The van der Waals surface area contributed by atoms with Gasteiger partial charge in [-0.2, -0.15) is 10.2 Å². The molecule has 0 radical (unpaired) electrons. The number of primary sulfonamides is 1. The third-order valence-electron chi connectivity index (χ3n) is 7.35. The van der Waals surface area contributed by atoms with E-state index in [1.807, 2.05) is 51.1 Å². The Morgan fingerprint density at radius 2 is 1.58 bits per heavy atom.